The zero-order valence-corrected chi connectivity index (χ0v) is 18.5. The minimum absolute atomic E-state index is 0.199. The minimum atomic E-state index is -0.584. The molecule has 4 aromatic rings. The van der Waals surface area contributed by atoms with Crippen LogP contribution in [0, 0.1) is 0 Å². The standard InChI is InChI=1S/C23H18N4O3S2/c28-22(15-30-23(29)16-6-1-2-7-18(16)26-11-5-10-24-26)27-19(21-9-4-13-32-21)14-17(25-27)20-8-3-12-31-20/h1-13,19H,14-15H2/t19-/m1/s1. The summed E-state index contributed by atoms with van der Waals surface area (Å²) in [6, 6.07) is 16.5. The largest absolute Gasteiger partial charge is 0.452 e. The van der Waals surface area contributed by atoms with Gasteiger partial charge in [-0.15, -0.1) is 22.7 Å². The first-order valence-corrected chi connectivity index (χ1v) is 11.7. The number of aromatic nitrogens is 2. The van der Waals surface area contributed by atoms with Crippen LogP contribution in [0.4, 0.5) is 0 Å². The first-order valence-electron chi connectivity index (χ1n) is 9.93. The second-order valence-corrected chi connectivity index (χ2v) is 8.97. The van der Waals surface area contributed by atoms with E-state index in [0.717, 1.165) is 15.5 Å². The molecule has 9 heteroatoms. The van der Waals surface area contributed by atoms with Crippen LogP contribution in [0.5, 0.6) is 0 Å². The smallest absolute Gasteiger partial charge is 0.340 e. The lowest BCUT2D eigenvalue weighted by Crippen LogP contribution is -2.31. The van der Waals surface area contributed by atoms with Crippen molar-refractivity contribution in [1.29, 1.82) is 0 Å². The van der Waals surface area contributed by atoms with E-state index in [1.807, 2.05) is 41.1 Å². The molecule has 0 N–H and O–H groups in total. The maximum atomic E-state index is 13.0. The van der Waals surface area contributed by atoms with Gasteiger partial charge in [-0.2, -0.15) is 10.2 Å². The van der Waals surface area contributed by atoms with Gasteiger partial charge in [-0.1, -0.05) is 24.3 Å². The Morgan fingerprint density at radius 1 is 1.03 bits per heavy atom. The highest BCUT2D eigenvalue weighted by Gasteiger charge is 2.34. The third-order valence-corrected chi connectivity index (χ3v) is 6.94. The first kappa shape index (κ1) is 20.3. The predicted molar refractivity (Wildman–Crippen MR) is 123 cm³/mol. The molecule has 1 aliphatic rings. The van der Waals surface area contributed by atoms with Crippen molar-refractivity contribution in [3.63, 3.8) is 0 Å². The second-order valence-electron chi connectivity index (χ2n) is 7.04. The van der Waals surface area contributed by atoms with Crippen LogP contribution in [0.25, 0.3) is 5.69 Å². The van der Waals surface area contributed by atoms with Crippen molar-refractivity contribution < 1.29 is 14.3 Å². The zero-order valence-electron chi connectivity index (χ0n) is 16.8. The highest BCUT2D eigenvalue weighted by Crippen LogP contribution is 2.36. The fraction of sp³-hybridized carbons (Fsp3) is 0.130. The summed E-state index contributed by atoms with van der Waals surface area (Å²) in [5, 5.41) is 14.2. The van der Waals surface area contributed by atoms with Crippen molar-refractivity contribution in [2.75, 3.05) is 6.61 Å². The van der Waals surface area contributed by atoms with Gasteiger partial charge in [0.1, 0.15) is 0 Å². The fourth-order valence-electron chi connectivity index (χ4n) is 3.56. The number of thiophene rings is 2. The fourth-order valence-corrected chi connectivity index (χ4v) is 5.10. The Hall–Kier alpha value is -3.56. The van der Waals surface area contributed by atoms with Crippen LogP contribution in [0.15, 0.2) is 82.9 Å². The van der Waals surface area contributed by atoms with Crippen molar-refractivity contribution in [3.05, 3.63) is 93.1 Å². The Bertz CT molecular complexity index is 1250. The number of hydrogen-bond donors (Lipinski definition) is 0. The number of benzene rings is 1. The van der Waals surface area contributed by atoms with Crippen molar-refractivity contribution in [1.82, 2.24) is 14.8 Å². The number of esters is 1. The van der Waals surface area contributed by atoms with Crippen LogP contribution >= 0.6 is 22.7 Å². The number of nitrogens with zero attached hydrogens (tertiary/aromatic N) is 4. The van der Waals surface area contributed by atoms with Crippen LogP contribution in [0.1, 0.15) is 32.6 Å². The summed E-state index contributed by atoms with van der Waals surface area (Å²) in [5.41, 5.74) is 1.79. The number of para-hydroxylation sites is 1. The lowest BCUT2D eigenvalue weighted by Gasteiger charge is -2.20. The molecule has 1 aromatic carbocycles. The van der Waals surface area contributed by atoms with Crippen molar-refractivity contribution in [3.8, 4) is 5.69 Å². The number of rotatable bonds is 6. The summed E-state index contributed by atoms with van der Waals surface area (Å²) < 4.78 is 6.98. The monoisotopic (exact) mass is 462 g/mol. The number of hydrogen-bond acceptors (Lipinski definition) is 7. The quantitative estimate of drug-likeness (QED) is 0.395. The van der Waals surface area contributed by atoms with Crippen LogP contribution in [-0.2, 0) is 9.53 Å². The van der Waals surface area contributed by atoms with Gasteiger partial charge in [-0.25, -0.2) is 14.5 Å². The van der Waals surface area contributed by atoms with Crippen molar-refractivity contribution in [2.45, 2.75) is 12.5 Å². The Balaban J connectivity index is 1.33. The van der Waals surface area contributed by atoms with Crippen LogP contribution < -0.4 is 0 Å². The zero-order chi connectivity index (χ0) is 21.9. The molecule has 1 atom stereocenters. The van der Waals surface area contributed by atoms with Crippen molar-refractivity contribution >= 4 is 40.3 Å². The summed E-state index contributed by atoms with van der Waals surface area (Å²) >= 11 is 3.17. The van der Waals surface area contributed by atoms with E-state index in [1.54, 1.807) is 64.0 Å². The number of carbonyl (C=O) groups excluding carboxylic acids is 2. The van der Waals surface area contributed by atoms with E-state index in [9.17, 15) is 9.59 Å². The molecule has 0 spiro atoms. The van der Waals surface area contributed by atoms with E-state index in [-0.39, 0.29) is 11.9 Å². The Kier molecular flexibility index (Phi) is 5.66. The van der Waals surface area contributed by atoms with E-state index in [0.29, 0.717) is 17.7 Å². The molecule has 160 valence electrons. The number of ether oxygens (including phenoxy) is 1. The Morgan fingerprint density at radius 2 is 1.88 bits per heavy atom. The van der Waals surface area contributed by atoms with Crippen molar-refractivity contribution in [2.24, 2.45) is 5.10 Å². The molecular formula is C23H18N4O3S2. The predicted octanol–water partition coefficient (Wildman–Crippen LogP) is 4.53. The Morgan fingerprint density at radius 3 is 2.62 bits per heavy atom. The molecule has 1 aliphatic heterocycles. The van der Waals surface area contributed by atoms with Gasteiger partial charge in [0.15, 0.2) is 6.61 Å². The van der Waals surface area contributed by atoms with Gasteiger partial charge in [0.05, 0.1) is 27.9 Å². The van der Waals surface area contributed by atoms with Gasteiger partial charge in [-0.05, 0) is 41.1 Å². The summed E-state index contributed by atoms with van der Waals surface area (Å²) in [5.74, 6) is -0.946. The normalized spacial score (nSPS) is 15.6. The summed E-state index contributed by atoms with van der Waals surface area (Å²) in [6.45, 7) is -0.393. The van der Waals surface area contributed by atoms with Crippen LogP contribution in [0.2, 0.25) is 0 Å². The first-order chi connectivity index (χ1) is 15.7. The van der Waals surface area contributed by atoms with Gasteiger partial charge in [0.2, 0.25) is 0 Å². The number of hydrazone groups is 1. The lowest BCUT2D eigenvalue weighted by atomic mass is 10.1. The van der Waals surface area contributed by atoms with Gasteiger partial charge < -0.3 is 4.74 Å². The third-order valence-electron chi connectivity index (χ3n) is 5.05. The topological polar surface area (TPSA) is 76.8 Å². The van der Waals surface area contributed by atoms with Gasteiger partial charge in [0, 0.05) is 23.7 Å². The maximum absolute atomic E-state index is 13.0. The minimum Gasteiger partial charge on any atom is -0.452 e. The molecule has 32 heavy (non-hydrogen) atoms. The maximum Gasteiger partial charge on any atom is 0.340 e. The van der Waals surface area contributed by atoms with E-state index in [2.05, 4.69) is 10.2 Å². The molecule has 0 saturated carbocycles. The highest BCUT2D eigenvalue weighted by atomic mass is 32.1. The average molecular weight is 463 g/mol. The second kappa shape index (κ2) is 8.89. The molecule has 5 rings (SSSR count). The number of carbonyl (C=O) groups is 2. The molecule has 0 aliphatic carbocycles. The average Bonchev–Trinajstić information content (AvgIpc) is 3.63. The van der Waals surface area contributed by atoms with Crippen LogP contribution in [-0.4, -0.2) is 39.0 Å². The van der Waals surface area contributed by atoms with Gasteiger partial charge in [-0.3, -0.25) is 4.79 Å². The molecule has 0 unspecified atom stereocenters. The van der Waals surface area contributed by atoms with E-state index in [4.69, 9.17) is 4.74 Å². The third kappa shape index (κ3) is 4.00. The highest BCUT2D eigenvalue weighted by molar-refractivity contribution is 7.12. The summed E-state index contributed by atoms with van der Waals surface area (Å²) in [6.07, 6.45) is 4.00. The van der Waals surface area contributed by atoms with Crippen LogP contribution in [0.3, 0.4) is 0 Å². The van der Waals surface area contributed by atoms with E-state index in [1.165, 1.54) is 5.01 Å². The molecule has 0 saturated heterocycles. The van der Waals surface area contributed by atoms with E-state index >= 15 is 0 Å². The summed E-state index contributed by atoms with van der Waals surface area (Å²) in [7, 11) is 0. The molecule has 0 bridgehead atoms. The molecule has 0 fully saturated rings. The molecule has 0 radical (unpaired) electrons. The SMILES string of the molecule is O=C(OCC(=O)N1N=C(c2cccs2)C[C@@H]1c1cccs1)c1ccccc1-n1cccn1. The molecule has 4 heterocycles. The van der Waals surface area contributed by atoms with Gasteiger partial charge in [0.25, 0.3) is 5.91 Å². The Labute approximate surface area is 192 Å². The molecular weight excluding hydrogens is 444 g/mol. The van der Waals surface area contributed by atoms with Gasteiger partial charge >= 0.3 is 5.97 Å². The number of amides is 1. The van der Waals surface area contributed by atoms with E-state index < -0.39 is 12.6 Å². The summed E-state index contributed by atoms with van der Waals surface area (Å²) in [4.78, 5) is 27.9. The molecule has 1 amide bonds. The molecule has 7 nitrogen and oxygen atoms in total. The lowest BCUT2D eigenvalue weighted by molar-refractivity contribution is -0.136. The molecule has 3 aromatic heterocycles.